The smallest absolute Gasteiger partial charge is 0.250 e. The molecule has 146 valence electrons. The van der Waals surface area contributed by atoms with Gasteiger partial charge in [-0.1, -0.05) is 29.8 Å². The third-order valence-electron chi connectivity index (χ3n) is 4.44. The lowest BCUT2D eigenvalue weighted by Gasteiger charge is -2.23. The van der Waals surface area contributed by atoms with Gasteiger partial charge in [0, 0.05) is 19.2 Å². The molecule has 1 amide bonds. The number of ether oxygens (including phenoxy) is 1. The van der Waals surface area contributed by atoms with Gasteiger partial charge in [-0.15, -0.1) is 0 Å². The number of methoxy groups -OCH3 is 1. The number of para-hydroxylation sites is 1. The van der Waals surface area contributed by atoms with Crippen molar-refractivity contribution in [1.82, 2.24) is 5.32 Å². The molecule has 0 saturated carbocycles. The number of nitrogens with zero attached hydrogens (tertiary/aromatic N) is 1. The number of nitrogens with one attached hydrogen (secondary N) is 2. The van der Waals surface area contributed by atoms with Crippen molar-refractivity contribution in [2.24, 2.45) is 0 Å². The number of hydrogen-bond donors (Lipinski definition) is 2. The zero-order valence-corrected chi connectivity index (χ0v) is 17.1. The molecule has 1 fully saturated rings. The van der Waals surface area contributed by atoms with Gasteiger partial charge in [0.2, 0.25) is 5.91 Å². The SMILES string of the molecule is COc1ccc(/C=C/C(=O)NC(=S)Nc2cccc(Cl)c2N2CCCC2)cc1. The van der Waals surface area contributed by atoms with Crippen molar-refractivity contribution in [3.63, 3.8) is 0 Å². The summed E-state index contributed by atoms with van der Waals surface area (Å²) in [6.45, 7) is 1.92. The standard InChI is InChI=1S/C21H22ClN3O2S/c1-27-16-10-7-15(8-11-16)9-12-19(26)24-21(28)23-18-6-4-5-17(22)20(18)25-13-2-3-14-25/h4-12H,2-3,13-14H2,1H3,(H2,23,24,26,28)/b12-9+. The number of anilines is 2. The summed E-state index contributed by atoms with van der Waals surface area (Å²) < 4.78 is 5.12. The van der Waals surface area contributed by atoms with Crippen LogP contribution in [-0.2, 0) is 4.79 Å². The minimum absolute atomic E-state index is 0.229. The molecule has 0 radical (unpaired) electrons. The van der Waals surface area contributed by atoms with Crippen molar-refractivity contribution >= 4 is 52.3 Å². The number of benzene rings is 2. The fourth-order valence-corrected chi connectivity index (χ4v) is 3.58. The van der Waals surface area contributed by atoms with Gasteiger partial charge in [-0.25, -0.2) is 0 Å². The van der Waals surface area contributed by atoms with E-state index in [4.69, 9.17) is 28.6 Å². The fraction of sp³-hybridized carbons (Fsp3) is 0.238. The first-order valence-electron chi connectivity index (χ1n) is 9.04. The van der Waals surface area contributed by atoms with E-state index in [-0.39, 0.29) is 11.0 Å². The Balaban J connectivity index is 1.61. The van der Waals surface area contributed by atoms with E-state index in [1.807, 2.05) is 42.5 Å². The van der Waals surface area contributed by atoms with Gasteiger partial charge in [-0.3, -0.25) is 10.1 Å². The van der Waals surface area contributed by atoms with Crippen molar-refractivity contribution in [3.8, 4) is 5.75 Å². The van der Waals surface area contributed by atoms with Crippen LogP contribution < -0.4 is 20.3 Å². The first-order valence-corrected chi connectivity index (χ1v) is 9.83. The van der Waals surface area contributed by atoms with Gasteiger partial charge in [-0.05, 0) is 61.0 Å². The highest BCUT2D eigenvalue weighted by Crippen LogP contribution is 2.35. The molecular weight excluding hydrogens is 394 g/mol. The molecule has 0 bridgehead atoms. The van der Waals surface area contributed by atoms with Crippen LogP contribution in [0.25, 0.3) is 6.08 Å². The van der Waals surface area contributed by atoms with Crippen molar-refractivity contribution in [2.45, 2.75) is 12.8 Å². The van der Waals surface area contributed by atoms with Crippen LogP contribution in [-0.4, -0.2) is 31.2 Å². The first kappa shape index (κ1) is 20.2. The number of hydrogen-bond acceptors (Lipinski definition) is 4. The van der Waals surface area contributed by atoms with E-state index in [9.17, 15) is 4.79 Å². The van der Waals surface area contributed by atoms with E-state index < -0.39 is 0 Å². The predicted molar refractivity (Wildman–Crippen MR) is 119 cm³/mol. The third kappa shape index (κ3) is 5.24. The Morgan fingerprint density at radius 3 is 2.57 bits per heavy atom. The topological polar surface area (TPSA) is 53.6 Å². The Bertz CT molecular complexity index is 878. The number of rotatable bonds is 5. The molecule has 28 heavy (non-hydrogen) atoms. The lowest BCUT2D eigenvalue weighted by Crippen LogP contribution is -2.33. The van der Waals surface area contributed by atoms with Crippen LogP contribution >= 0.6 is 23.8 Å². The maximum atomic E-state index is 12.2. The van der Waals surface area contributed by atoms with Crippen molar-refractivity contribution in [1.29, 1.82) is 0 Å². The molecular formula is C21H22ClN3O2S. The molecule has 1 saturated heterocycles. The molecule has 1 aliphatic rings. The normalized spacial score (nSPS) is 13.6. The second-order valence-corrected chi connectivity index (χ2v) is 7.20. The fourth-order valence-electron chi connectivity index (χ4n) is 3.07. The highest BCUT2D eigenvalue weighted by atomic mass is 35.5. The third-order valence-corrected chi connectivity index (χ3v) is 4.95. The van der Waals surface area contributed by atoms with Gasteiger partial charge in [0.05, 0.1) is 23.5 Å². The lowest BCUT2D eigenvalue weighted by molar-refractivity contribution is -0.115. The molecule has 7 heteroatoms. The summed E-state index contributed by atoms with van der Waals surface area (Å²) >= 11 is 11.7. The highest BCUT2D eigenvalue weighted by molar-refractivity contribution is 7.80. The second-order valence-electron chi connectivity index (χ2n) is 6.38. The summed E-state index contributed by atoms with van der Waals surface area (Å²) in [5, 5.41) is 6.66. The molecule has 0 spiro atoms. The molecule has 5 nitrogen and oxygen atoms in total. The summed E-state index contributed by atoms with van der Waals surface area (Å²) in [7, 11) is 1.61. The largest absolute Gasteiger partial charge is 0.497 e. The van der Waals surface area contributed by atoms with E-state index in [1.54, 1.807) is 13.2 Å². The van der Waals surface area contributed by atoms with Crippen LogP contribution in [0.3, 0.4) is 0 Å². The molecule has 2 aromatic carbocycles. The zero-order valence-electron chi connectivity index (χ0n) is 15.6. The van der Waals surface area contributed by atoms with Gasteiger partial charge in [0.1, 0.15) is 5.75 Å². The van der Waals surface area contributed by atoms with Crippen molar-refractivity contribution < 1.29 is 9.53 Å². The van der Waals surface area contributed by atoms with Gasteiger partial charge in [0.25, 0.3) is 0 Å². The number of thiocarbonyl (C=S) groups is 1. The summed E-state index contributed by atoms with van der Waals surface area (Å²) in [5.41, 5.74) is 2.60. The molecule has 0 unspecified atom stereocenters. The van der Waals surface area contributed by atoms with Gasteiger partial charge in [-0.2, -0.15) is 0 Å². The molecule has 2 N–H and O–H groups in total. The molecule has 1 aliphatic heterocycles. The van der Waals surface area contributed by atoms with E-state index in [1.165, 1.54) is 6.08 Å². The molecule has 0 atom stereocenters. The summed E-state index contributed by atoms with van der Waals surface area (Å²) in [6.07, 6.45) is 5.44. The van der Waals surface area contributed by atoms with E-state index in [2.05, 4.69) is 15.5 Å². The molecule has 3 rings (SSSR count). The average molecular weight is 416 g/mol. The monoisotopic (exact) mass is 415 g/mol. The molecule has 0 aromatic heterocycles. The molecule has 0 aliphatic carbocycles. The maximum Gasteiger partial charge on any atom is 0.250 e. The van der Waals surface area contributed by atoms with Crippen LogP contribution in [0.2, 0.25) is 5.02 Å². The van der Waals surface area contributed by atoms with Gasteiger partial charge < -0.3 is 15.0 Å². The van der Waals surface area contributed by atoms with Crippen molar-refractivity contribution in [3.05, 3.63) is 59.1 Å². The van der Waals surface area contributed by atoms with Crippen LogP contribution in [0.5, 0.6) is 5.75 Å². The number of halogens is 1. The van der Waals surface area contributed by atoms with Gasteiger partial charge >= 0.3 is 0 Å². The van der Waals surface area contributed by atoms with Crippen LogP contribution in [0, 0.1) is 0 Å². The first-order chi connectivity index (χ1) is 13.6. The Kier molecular flexibility index (Phi) is 6.90. The van der Waals surface area contributed by atoms with Crippen molar-refractivity contribution in [2.75, 3.05) is 30.4 Å². The lowest BCUT2D eigenvalue weighted by atomic mass is 10.2. The number of carbonyl (C=O) groups excluding carboxylic acids is 1. The number of amides is 1. The average Bonchev–Trinajstić information content (AvgIpc) is 3.21. The predicted octanol–water partition coefficient (Wildman–Crippen LogP) is 4.48. The van der Waals surface area contributed by atoms with E-state index in [0.717, 1.165) is 48.6 Å². The highest BCUT2D eigenvalue weighted by Gasteiger charge is 2.19. The Morgan fingerprint density at radius 2 is 1.89 bits per heavy atom. The Labute approximate surface area is 175 Å². The Morgan fingerprint density at radius 1 is 1.18 bits per heavy atom. The zero-order chi connectivity index (χ0) is 19.9. The summed E-state index contributed by atoms with van der Waals surface area (Å²) in [4.78, 5) is 14.4. The van der Waals surface area contributed by atoms with Gasteiger partial charge in [0.15, 0.2) is 5.11 Å². The minimum atomic E-state index is -0.307. The Hall–Kier alpha value is -2.57. The van der Waals surface area contributed by atoms with Crippen LogP contribution in [0.4, 0.5) is 11.4 Å². The van der Waals surface area contributed by atoms with Crippen LogP contribution in [0.15, 0.2) is 48.5 Å². The van der Waals surface area contributed by atoms with E-state index >= 15 is 0 Å². The summed E-state index contributed by atoms with van der Waals surface area (Å²) in [6, 6.07) is 13.0. The maximum absolute atomic E-state index is 12.2. The van der Waals surface area contributed by atoms with E-state index in [0.29, 0.717) is 5.02 Å². The molecule has 1 heterocycles. The minimum Gasteiger partial charge on any atom is -0.497 e. The molecule has 2 aromatic rings. The summed E-state index contributed by atoms with van der Waals surface area (Å²) in [5.74, 6) is 0.459. The number of carbonyl (C=O) groups is 1. The second kappa shape index (κ2) is 9.57. The van der Waals surface area contributed by atoms with Crippen LogP contribution in [0.1, 0.15) is 18.4 Å². The quantitative estimate of drug-likeness (QED) is 0.557.